The average molecular weight is 349 g/mol. The molecule has 24 heavy (non-hydrogen) atoms. The van der Waals surface area contributed by atoms with Crippen molar-refractivity contribution in [3.63, 3.8) is 0 Å². The van der Waals surface area contributed by atoms with E-state index in [9.17, 15) is 0 Å². The van der Waals surface area contributed by atoms with Gasteiger partial charge in [0.1, 0.15) is 0 Å². The molecule has 0 aliphatic carbocycles. The zero-order valence-corrected chi connectivity index (χ0v) is 16.1. The zero-order chi connectivity index (χ0) is 17.6. The fourth-order valence-corrected chi connectivity index (χ4v) is 1.94. The third-order valence-corrected chi connectivity index (χ3v) is 3.48. The lowest BCUT2D eigenvalue weighted by atomic mass is 10.2. The van der Waals surface area contributed by atoms with Gasteiger partial charge in [-0.25, -0.2) is 0 Å². The minimum absolute atomic E-state index is 0.618. The van der Waals surface area contributed by atoms with Crippen LogP contribution in [0.4, 0.5) is 0 Å². The Kier molecular flexibility index (Phi) is 22.6. The van der Waals surface area contributed by atoms with Gasteiger partial charge in [-0.2, -0.15) is 0 Å². The van der Waals surface area contributed by atoms with Gasteiger partial charge in [0.2, 0.25) is 0 Å². The lowest BCUT2D eigenvalue weighted by Gasteiger charge is -2.07. The van der Waals surface area contributed by atoms with Gasteiger partial charge in [0.25, 0.3) is 0 Å². The lowest BCUT2D eigenvalue weighted by Crippen LogP contribution is -2.12. The van der Waals surface area contributed by atoms with Crippen molar-refractivity contribution >= 4 is 0 Å². The van der Waals surface area contributed by atoms with E-state index in [-0.39, 0.29) is 0 Å². The smallest absolute Gasteiger partial charge is 0.0701 e. The number of unbranched alkanes of at least 4 members (excludes halogenated alkanes) is 4. The molecule has 0 N–H and O–H groups in total. The van der Waals surface area contributed by atoms with Crippen molar-refractivity contribution in [2.24, 2.45) is 0 Å². The minimum Gasteiger partial charge on any atom is -0.381 e. The van der Waals surface area contributed by atoms with E-state index in [1.54, 1.807) is 0 Å². The van der Waals surface area contributed by atoms with Crippen LogP contribution in [0.25, 0.3) is 0 Å². The van der Waals surface area contributed by atoms with Gasteiger partial charge in [0, 0.05) is 26.4 Å². The Labute approximate surface area is 149 Å². The second-order valence-corrected chi connectivity index (χ2v) is 5.83. The van der Waals surface area contributed by atoms with Gasteiger partial charge < -0.3 is 23.7 Å². The molecule has 0 aliphatic heterocycles. The van der Waals surface area contributed by atoms with Crippen LogP contribution in [0.3, 0.4) is 0 Å². The summed E-state index contributed by atoms with van der Waals surface area (Å²) in [7, 11) is 0. The molecule has 0 saturated heterocycles. The van der Waals surface area contributed by atoms with Crippen LogP contribution >= 0.6 is 0 Å². The van der Waals surface area contributed by atoms with Crippen LogP contribution in [0, 0.1) is 0 Å². The predicted molar refractivity (Wildman–Crippen MR) is 97.8 cm³/mol. The molecule has 0 spiro atoms. The maximum atomic E-state index is 5.53. The van der Waals surface area contributed by atoms with Crippen LogP contribution in [-0.2, 0) is 23.7 Å². The van der Waals surface area contributed by atoms with Gasteiger partial charge in [-0.3, -0.25) is 0 Å². The normalized spacial score (nSPS) is 11.2. The van der Waals surface area contributed by atoms with E-state index in [2.05, 4.69) is 13.8 Å². The molecular weight excluding hydrogens is 308 g/mol. The second kappa shape index (κ2) is 22.8. The zero-order valence-electron chi connectivity index (χ0n) is 16.1. The standard InChI is InChI=1S/C19H40O5/c1-3-5-10-20-12-8-7-9-13-22-15-17-24-19-18-23-16-14-21-11-6-4-2/h3-19H2,1-2H3. The van der Waals surface area contributed by atoms with Crippen molar-refractivity contribution in [3.8, 4) is 0 Å². The third kappa shape index (κ3) is 21.8. The highest BCUT2D eigenvalue weighted by molar-refractivity contribution is 4.42. The predicted octanol–water partition coefficient (Wildman–Crippen LogP) is 3.84. The molecule has 5 heteroatoms. The van der Waals surface area contributed by atoms with Gasteiger partial charge in [0.15, 0.2) is 0 Å². The molecular formula is C19H40O5. The van der Waals surface area contributed by atoms with Gasteiger partial charge in [-0.1, -0.05) is 26.7 Å². The molecule has 0 aromatic carbocycles. The third-order valence-electron chi connectivity index (χ3n) is 3.48. The highest BCUT2D eigenvalue weighted by atomic mass is 16.6. The van der Waals surface area contributed by atoms with Crippen molar-refractivity contribution < 1.29 is 23.7 Å². The first-order valence-electron chi connectivity index (χ1n) is 9.80. The Morgan fingerprint density at radius 3 is 1.00 bits per heavy atom. The van der Waals surface area contributed by atoms with Crippen LogP contribution in [0.1, 0.15) is 58.8 Å². The van der Waals surface area contributed by atoms with Crippen molar-refractivity contribution in [3.05, 3.63) is 0 Å². The van der Waals surface area contributed by atoms with E-state index in [4.69, 9.17) is 23.7 Å². The van der Waals surface area contributed by atoms with Crippen molar-refractivity contribution in [1.82, 2.24) is 0 Å². The van der Waals surface area contributed by atoms with E-state index >= 15 is 0 Å². The molecule has 0 saturated carbocycles. The molecule has 0 bridgehead atoms. The Morgan fingerprint density at radius 1 is 0.333 bits per heavy atom. The summed E-state index contributed by atoms with van der Waals surface area (Å²) in [5, 5.41) is 0. The van der Waals surface area contributed by atoms with E-state index in [0.29, 0.717) is 39.6 Å². The lowest BCUT2D eigenvalue weighted by molar-refractivity contribution is -0.00250. The van der Waals surface area contributed by atoms with E-state index in [0.717, 1.165) is 45.7 Å². The topological polar surface area (TPSA) is 46.2 Å². The molecule has 0 aliphatic rings. The maximum absolute atomic E-state index is 5.53. The maximum Gasteiger partial charge on any atom is 0.0701 e. The SMILES string of the molecule is CCCCOCCCCCOCCOCCOCCOCCCC. The van der Waals surface area contributed by atoms with Crippen molar-refractivity contribution in [2.45, 2.75) is 58.8 Å². The van der Waals surface area contributed by atoms with Crippen molar-refractivity contribution in [2.75, 3.05) is 66.1 Å². The molecule has 146 valence electrons. The Morgan fingerprint density at radius 2 is 0.625 bits per heavy atom. The average Bonchev–Trinajstić information content (AvgIpc) is 2.60. The Bertz CT molecular complexity index is 192. The summed E-state index contributed by atoms with van der Waals surface area (Å²) in [6.45, 7) is 11.6. The molecule has 0 atom stereocenters. The molecule has 0 aromatic rings. The summed E-state index contributed by atoms with van der Waals surface area (Å²) in [5.74, 6) is 0. The highest BCUT2D eigenvalue weighted by Crippen LogP contribution is 1.98. The summed E-state index contributed by atoms with van der Waals surface area (Å²) < 4.78 is 27.3. The quantitative estimate of drug-likeness (QED) is 0.295. The highest BCUT2D eigenvalue weighted by Gasteiger charge is 1.94. The molecule has 0 amide bonds. The first-order valence-corrected chi connectivity index (χ1v) is 9.80. The van der Waals surface area contributed by atoms with E-state index in [1.807, 2.05) is 0 Å². The van der Waals surface area contributed by atoms with Gasteiger partial charge in [-0.15, -0.1) is 0 Å². The fourth-order valence-electron chi connectivity index (χ4n) is 1.94. The van der Waals surface area contributed by atoms with Crippen LogP contribution in [0.15, 0.2) is 0 Å². The number of hydrogen-bond donors (Lipinski definition) is 0. The molecule has 0 fully saturated rings. The first-order chi connectivity index (χ1) is 11.9. The summed E-state index contributed by atoms with van der Waals surface area (Å²) in [5.41, 5.74) is 0. The first kappa shape index (κ1) is 23.8. The van der Waals surface area contributed by atoms with Crippen LogP contribution in [0.5, 0.6) is 0 Å². The number of hydrogen-bond acceptors (Lipinski definition) is 5. The monoisotopic (exact) mass is 348 g/mol. The summed E-state index contributed by atoms with van der Waals surface area (Å²) in [6.07, 6.45) is 8.05. The summed E-state index contributed by atoms with van der Waals surface area (Å²) >= 11 is 0. The van der Waals surface area contributed by atoms with Gasteiger partial charge in [-0.05, 0) is 32.1 Å². The largest absolute Gasteiger partial charge is 0.381 e. The van der Waals surface area contributed by atoms with Gasteiger partial charge >= 0.3 is 0 Å². The molecule has 5 nitrogen and oxygen atoms in total. The van der Waals surface area contributed by atoms with Crippen LogP contribution < -0.4 is 0 Å². The molecule has 0 aromatic heterocycles. The molecule has 0 rings (SSSR count). The Balaban J connectivity index is 2.93. The van der Waals surface area contributed by atoms with Gasteiger partial charge in [0.05, 0.1) is 39.6 Å². The summed E-state index contributed by atoms with van der Waals surface area (Å²) in [4.78, 5) is 0. The van der Waals surface area contributed by atoms with Crippen LogP contribution in [0.2, 0.25) is 0 Å². The number of ether oxygens (including phenoxy) is 5. The molecule has 0 unspecified atom stereocenters. The molecule has 0 radical (unpaired) electrons. The second-order valence-electron chi connectivity index (χ2n) is 5.83. The Hall–Kier alpha value is -0.200. The minimum atomic E-state index is 0.618. The number of rotatable bonds is 21. The molecule has 0 heterocycles. The summed E-state index contributed by atoms with van der Waals surface area (Å²) in [6, 6.07) is 0. The van der Waals surface area contributed by atoms with Crippen molar-refractivity contribution in [1.29, 1.82) is 0 Å². The van der Waals surface area contributed by atoms with E-state index in [1.165, 1.54) is 25.7 Å². The van der Waals surface area contributed by atoms with E-state index < -0.39 is 0 Å². The van der Waals surface area contributed by atoms with Crippen LogP contribution in [-0.4, -0.2) is 66.1 Å². The fraction of sp³-hybridized carbons (Fsp3) is 1.00.